The first-order valence-corrected chi connectivity index (χ1v) is 13.2. The lowest BCUT2D eigenvalue weighted by Crippen LogP contribution is -2.46. The fourth-order valence-electron chi connectivity index (χ4n) is 4.41. The molecule has 3 rings (SSSR count). The molecule has 1 aromatic carbocycles. The van der Waals surface area contributed by atoms with Crippen molar-refractivity contribution in [3.05, 3.63) is 64.6 Å². The summed E-state index contributed by atoms with van der Waals surface area (Å²) in [5.41, 5.74) is 2.73. The van der Waals surface area contributed by atoms with E-state index in [0.29, 0.717) is 17.2 Å². The standard InChI is InChI=1S/C27H30BCl3F2N2O4/c1-18-14-20(8-6-19-7-9-23(37-4)24(15-19)38-5)34(3)22(18)16-21-10-12-26(2,35(21)28(32)33)13-11-25(36)39-17-27(29,30)31/h6-10,12,14-16H,11,13,17H2,1-5H3/b8-6+,21-16-. The van der Waals surface area contributed by atoms with Crippen molar-refractivity contribution in [1.82, 2.24) is 9.38 Å². The van der Waals surface area contributed by atoms with E-state index in [0.717, 1.165) is 27.3 Å². The maximum atomic E-state index is 14.3. The van der Waals surface area contributed by atoms with E-state index in [-0.39, 0.29) is 12.8 Å². The smallest absolute Gasteiger partial charge is 0.493 e. The summed E-state index contributed by atoms with van der Waals surface area (Å²) < 4.78 is 44.4. The lowest BCUT2D eigenvalue weighted by Gasteiger charge is -2.35. The van der Waals surface area contributed by atoms with E-state index in [1.807, 2.05) is 55.0 Å². The Hall–Kier alpha value is -2.62. The van der Waals surface area contributed by atoms with Crippen LogP contribution in [0.4, 0.5) is 8.63 Å². The van der Waals surface area contributed by atoms with Gasteiger partial charge in [0, 0.05) is 36.1 Å². The van der Waals surface area contributed by atoms with Gasteiger partial charge in [-0.3, -0.25) is 13.4 Å². The number of carbonyl (C=O) groups excluding carboxylic acids is 1. The van der Waals surface area contributed by atoms with Crippen molar-refractivity contribution in [2.75, 3.05) is 20.8 Å². The molecule has 1 aliphatic heterocycles. The number of aromatic nitrogens is 1. The molecule has 210 valence electrons. The first-order chi connectivity index (χ1) is 18.3. The Morgan fingerprint density at radius 1 is 1.13 bits per heavy atom. The Bertz CT molecular complexity index is 1290. The number of allylic oxidation sites excluding steroid dienone is 1. The van der Waals surface area contributed by atoms with Crippen molar-refractivity contribution in [2.24, 2.45) is 7.05 Å². The van der Waals surface area contributed by atoms with Crippen LogP contribution < -0.4 is 9.47 Å². The predicted octanol–water partition coefficient (Wildman–Crippen LogP) is 7.11. The molecule has 1 atom stereocenters. The number of halogens is 5. The van der Waals surface area contributed by atoms with Crippen molar-refractivity contribution in [2.45, 2.75) is 36.0 Å². The summed E-state index contributed by atoms with van der Waals surface area (Å²) in [6.07, 6.45) is 8.89. The Morgan fingerprint density at radius 2 is 1.82 bits per heavy atom. The highest BCUT2D eigenvalue weighted by atomic mass is 35.6. The Balaban J connectivity index is 1.80. The third-order valence-corrected chi connectivity index (χ3v) is 6.85. The van der Waals surface area contributed by atoms with Crippen LogP contribution in [0.3, 0.4) is 0 Å². The average Bonchev–Trinajstić information content (AvgIpc) is 3.35. The normalized spacial score (nSPS) is 18.3. The van der Waals surface area contributed by atoms with E-state index < -0.39 is 29.3 Å². The Morgan fingerprint density at radius 3 is 2.44 bits per heavy atom. The average molecular weight is 602 g/mol. The Kier molecular flexibility index (Phi) is 10.1. The first kappa shape index (κ1) is 30.9. The summed E-state index contributed by atoms with van der Waals surface area (Å²) in [6.45, 7) is 3.15. The molecular weight excluding hydrogens is 571 g/mol. The summed E-state index contributed by atoms with van der Waals surface area (Å²) in [6, 6.07) is 7.59. The number of hydrogen-bond acceptors (Lipinski definition) is 5. The minimum atomic E-state index is -2.79. The van der Waals surface area contributed by atoms with E-state index in [2.05, 4.69) is 0 Å². The third kappa shape index (κ3) is 7.74. The van der Waals surface area contributed by atoms with Crippen molar-refractivity contribution in [1.29, 1.82) is 0 Å². The largest absolute Gasteiger partial charge is 0.673 e. The van der Waals surface area contributed by atoms with Gasteiger partial charge in [-0.1, -0.05) is 53.0 Å². The van der Waals surface area contributed by atoms with Crippen LogP contribution in [-0.2, 0) is 16.6 Å². The molecule has 2 heterocycles. The van der Waals surface area contributed by atoms with Crippen LogP contribution in [0.25, 0.3) is 18.2 Å². The molecule has 1 unspecified atom stereocenters. The zero-order chi connectivity index (χ0) is 29.0. The third-order valence-electron chi connectivity index (χ3n) is 6.52. The van der Waals surface area contributed by atoms with E-state index in [1.165, 1.54) is 0 Å². The van der Waals surface area contributed by atoms with Gasteiger partial charge in [0.2, 0.25) is 3.79 Å². The molecule has 0 N–H and O–H groups in total. The molecule has 2 aromatic rings. The summed E-state index contributed by atoms with van der Waals surface area (Å²) in [7, 11) is 2.24. The van der Waals surface area contributed by atoms with Crippen molar-refractivity contribution in [3.8, 4) is 11.5 Å². The molecule has 0 radical (unpaired) electrons. The zero-order valence-corrected chi connectivity index (χ0v) is 24.6. The van der Waals surface area contributed by atoms with E-state index in [9.17, 15) is 13.4 Å². The second-order valence-corrected chi connectivity index (χ2v) is 11.8. The molecule has 0 spiro atoms. The number of ether oxygens (including phenoxy) is 3. The van der Waals surface area contributed by atoms with E-state index in [1.54, 1.807) is 39.4 Å². The van der Waals surface area contributed by atoms with Crippen LogP contribution in [0.15, 0.2) is 42.1 Å². The van der Waals surface area contributed by atoms with Gasteiger partial charge in [-0.2, -0.15) is 0 Å². The highest BCUT2D eigenvalue weighted by molar-refractivity contribution is 6.67. The molecule has 0 saturated carbocycles. The van der Waals surface area contributed by atoms with Crippen molar-refractivity contribution >= 4 is 66.4 Å². The van der Waals surface area contributed by atoms with Gasteiger partial charge in [0.15, 0.2) is 11.5 Å². The van der Waals surface area contributed by atoms with Crippen LogP contribution in [-0.4, -0.2) is 52.9 Å². The Labute approximate surface area is 242 Å². The number of carbonyl (C=O) groups is 1. The van der Waals surface area contributed by atoms with E-state index in [4.69, 9.17) is 49.0 Å². The van der Waals surface area contributed by atoms with Gasteiger partial charge in [0.25, 0.3) is 0 Å². The molecule has 39 heavy (non-hydrogen) atoms. The summed E-state index contributed by atoms with van der Waals surface area (Å²) in [4.78, 5) is 13.1. The second-order valence-electron chi connectivity index (χ2n) is 9.33. The van der Waals surface area contributed by atoms with Crippen LogP contribution in [0.1, 0.15) is 42.3 Å². The molecule has 0 bridgehead atoms. The number of benzene rings is 1. The lowest BCUT2D eigenvalue weighted by atomic mass is 9.90. The van der Waals surface area contributed by atoms with E-state index >= 15 is 0 Å². The first-order valence-electron chi connectivity index (χ1n) is 12.0. The van der Waals surface area contributed by atoms with Crippen molar-refractivity contribution in [3.63, 3.8) is 0 Å². The van der Waals surface area contributed by atoms with Crippen molar-refractivity contribution < 1.29 is 27.6 Å². The molecule has 0 aliphatic carbocycles. The fourth-order valence-corrected chi connectivity index (χ4v) is 4.58. The van der Waals surface area contributed by atoms with Gasteiger partial charge in [0.05, 0.1) is 14.2 Å². The summed E-state index contributed by atoms with van der Waals surface area (Å²) in [5, 5.41) is 0. The number of methoxy groups -OCH3 is 2. The number of esters is 1. The highest BCUT2D eigenvalue weighted by Crippen LogP contribution is 2.37. The summed E-state index contributed by atoms with van der Waals surface area (Å²) in [5.74, 6) is 0.625. The number of aryl methyl sites for hydroxylation is 1. The SMILES string of the molecule is COc1ccc(/C=C/c2cc(C)c(/C=C3/C=CC(C)(CCC(=O)OCC(Cl)(Cl)Cl)N3B(F)F)n2C)cc1OC. The molecule has 0 saturated heterocycles. The number of hydrogen-bond donors (Lipinski definition) is 0. The van der Waals surface area contributed by atoms with Gasteiger partial charge in [-0.05, 0) is 67.8 Å². The van der Waals surface area contributed by atoms with Crippen LogP contribution in [0.2, 0.25) is 0 Å². The zero-order valence-electron chi connectivity index (χ0n) is 22.3. The van der Waals surface area contributed by atoms with Gasteiger partial charge in [-0.15, -0.1) is 0 Å². The maximum Gasteiger partial charge on any atom is 0.673 e. The van der Waals surface area contributed by atoms with Crippen LogP contribution in [0, 0.1) is 6.92 Å². The lowest BCUT2D eigenvalue weighted by molar-refractivity contribution is -0.144. The van der Waals surface area contributed by atoms with Gasteiger partial charge >= 0.3 is 13.4 Å². The molecule has 12 heteroatoms. The molecule has 0 amide bonds. The topological polar surface area (TPSA) is 52.9 Å². The minimum Gasteiger partial charge on any atom is -0.493 e. The number of nitrogens with zero attached hydrogens (tertiary/aromatic N) is 2. The molecular formula is C27H30BCl3F2N2O4. The molecule has 6 nitrogen and oxygen atoms in total. The van der Waals surface area contributed by atoms with Gasteiger partial charge in [-0.25, -0.2) is 0 Å². The van der Waals surface area contributed by atoms with Crippen LogP contribution in [0.5, 0.6) is 11.5 Å². The molecule has 1 aliphatic rings. The van der Waals surface area contributed by atoms with Gasteiger partial charge < -0.3 is 23.6 Å². The number of alkyl halides is 3. The second kappa shape index (κ2) is 12.7. The minimum absolute atomic E-state index is 0.0926. The molecule has 0 fully saturated rings. The predicted molar refractivity (Wildman–Crippen MR) is 154 cm³/mol. The van der Waals surface area contributed by atoms with Gasteiger partial charge in [0.1, 0.15) is 6.61 Å². The quantitative estimate of drug-likeness (QED) is 0.165. The molecule has 1 aromatic heterocycles. The van der Waals surface area contributed by atoms with Crippen LogP contribution >= 0.6 is 34.8 Å². The highest BCUT2D eigenvalue weighted by Gasteiger charge is 2.43. The fraction of sp³-hybridized carbons (Fsp3) is 0.370. The number of rotatable bonds is 10. The maximum absolute atomic E-state index is 14.3. The summed E-state index contributed by atoms with van der Waals surface area (Å²) >= 11 is 16.8. The monoisotopic (exact) mass is 600 g/mol.